The lowest BCUT2D eigenvalue weighted by molar-refractivity contribution is 0.0218. The number of aromatic nitrogens is 2. The zero-order valence-corrected chi connectivity index (χ0v) is 16.4. The summed E-state index contributed by atoms with van der Waals surface area (Å²) in [5, 5.41) is 0.0722. The average molecular weight is 455 g/mol. The fourth-order valence-electron chi connectivity index (χ4n) is 2.37. The largest absolute Gasteiger partial charge is 0.444 e. The molecule has 1 atom stereocenters. The van der Waals surface area contributed by atoms with Crippen LogP contribution >= 0.6 is 34.2 Å². The van der Waals surface area contributed by atoms with E-state index in [9.17, 15) is 9.59 Å². The van der Waals surface area contributed by atoms with Gasteiger partial charge in [-0.2, -0.15) is 0 Å². The van der Waals surface area contributed by atoms with Crippen molar-refractivity contribution in [2.75, 3.05) is 24.5 Å². The molecule has 1 amide bonds. The van der Waals surface area contributed by atoms with Crippen LogP contribution < -0.4 is 10.5 Å². The summed E-state index contributed by atoms with van der Waals surface area (Å²) >= 11 is 8.04. The van der Waals surface area contributed by atoms with E-state index in [0.717, 1.165) is 0 Å². The van der Waals surface area contributed by atoms with E-state index in [2.05, 4.69) is 9.97 Å². The highest BCUT2D eigenvalue weighted by atomic mass is 127. The van der Waals surface area contributed by atoms with E-state index in [1.165, 1.54) is 0 Å². The molecule has 1 aromatic rings. The lowest BCUT2D eigenvalue weighted by Gasteiger charge is -2.40. The Balaban J connectivity index is 2.14. The van der Waals surface area contributed by atoms with Crippen molar-refractivity contribution in [1.29, 1.82) is 0 Å². The average Bonchev–Trinajstić information content (AvgIpc) is 2.41. The molecule has 23 heavy (non-hydrogen) atoms. The lowest BCUT2D eigenvalue weighted by atomic mass is 10.2. The number of H-pyrrole nitrogens is 1. The molecule has 1 fully saturated rings. The Kier molecular flexibility index (Phi) is 5.44. The summed E-state index contributed by atoms with van der Waals surface area (Å²) < 4.78 is 5.88. The zero-order valence-electron chi connectivity index (χ0n) is 13.5. The molecule has 7 nitrogen and oxygen atoms in total. The van der Waals surface area contributed by atoms with E-state index >= 15 is 0 Å². The Bertz CT molecular complexity index is 658. The molecule has 1 N–H and O–H groups in total. The first kappa shape index (κ1) is 18.3. The Morgan fingerprint density at radius 1 is 1.43 bits per heavy atom. The number of hydrogen-bond donors (Lipinski definition) is 1. The van der Waals surface area contributed by atoms with Crippen molar-refractivity contribution in [2.45, 2.75) is 39.3 Å². The van der Waals surface area contributed by atoms with E-state index in [0.29, 0.717) is 29.3 Å². The van der Waals surface area contributed by atoms with Crippen LogP contribution in [0.2, 0.25) is 5.02 Å². The summed E-state index contributed by atoms with van der Waals surface area (Å²) in [6.07, 6.45) is -0.330. The van der Waals surface area contributed by atoms with Crippen molar-refractivity contribution in [3.63, 3.8) is 0 Å². The second-order valence-electron chi connectivity index (χ2n) is 6.46. The fourth-order valence-corrected chi connectivity index (χ4v) is 3.05. The fraction of sp³-hybridized carbons (Fsp3) is 0.643. The van der Waals surface area contributed by atoms with E-state index in [1.807, 2.05) is 55.2 Å². The van der Waals surface area contributed by atoms with Gasteiger partial charge in [-0.3, -0.25) is 4.79 Å². The number of nitrogens with zero attached hydrogens (tertiary/aromatic N) is 3. The minimum Gasteiger partial charge on any atom is -0.444 e. The maximum absolute atomic E-state index is 12.2. The molecular weight excluding hydrogens is 435 g/mol. The van der Waals surface area contributed by atoms with Gasteiger partial charge in [0.1, 0.15) is 10.6 Å². The molecule has 1 saturated heterocycles. The van der Waals surface area contributed by atoms with Crippen LogP contribution in [0.25, 0.3) is 0 Å². The predicted octanol–water partition coefficient (Wildman–Crippen LogP) is 2.47. The van der Waals surface area contributed by atoms with Crippen molar-refractivity contribution in [1.82, 2.24) is 14.9 Å². The van der Waals surface area contributed by atoms with Gasteiger partial charge >= 0.3 is 6.09 Å². The number of piperazine rings is 1. The minimum absolute atomic E-state index is 0.0288. The number of anilines is 1. The van der Waals surface area contributed by atoms with E-state index in [1.54, 1.807) is 4.90 Å². The number of carbonyl (C=O) groups is 1. The summed E-state index contributed by atoms with van der Waals surface area (Å²) in [5.41, 5.74) is -0.881. The second-order valence-corrected chi connectivity index (χ2v) is 7.86. The Morgan fingerprint density at radius 2 is 2.09 bits per heavy atom. The molecule has 1 aromatic heterocycles. The molecule has 0 bridgehead atoms. The van der Waals surface area contributed by atoms with Crippen LogP contribution in [0.1, 0.15) is 27.7 Å². The van der Waals surface area contributed by atoms with Crippen molar-refractivity contribution >= 4 is 46.1 Å². The maximum Gasteiger partial charge on any atom is 0.410 e. The first-order valence-electron chi connectivity index (χ1n) is 7.28. The molecule has 0 unspecified atom stereocenters. The zero-order chi connectivity index (χ0) is 17.4. The van der Waals surface area contributed by atoms with Crippen molar-refractivity contribution in [3.05, 3.63) is 19.2 Å². The van der Waals surface area contributed by atoms with Crippen LogP contribution in [0.3, 0.4) is 0 Å². The standard InChI is InChI=1S/C14H20ClIN4O3/c1-8-7-19(13(22)23-14(2,3)4)5-6-20(8)10-9(15)11(21)18-12(16)17-10/h8H,5-7H2,1-4H3,(H,17,18,21)/t8-/m1/s1. The van der Waals surface area contributed by atoms with Gasteiger partial charge in [0, 0.05) is 25.7 Å². The Morgan fingerprint density at radius 3 is 2.65 bits per heavy atom. The van der Waals surface area contributed by atoms with Crippen LogP contribution in [0.5, 0.6) is 0 Å². The third-order valence-corrected chi connectivity index (χ3v) is 4.22. The van der Waals surface area contributed by atoms with Crippen molar-refractivity contribution < 1.29 is 9.53 Å². The van der Waals surface area contributed by atoms with Crippen LogP contribution in [0, 0.1) is 3.83 Å². The summed E-state index contributed by atoms with van der Waals surface area (Å²) in [4.78, 5) is 34.5. The molecule has 1 aliphatic rings. The predicted molar refractivity (Wildman–Crippen MR) is 97.2 cm³/mol. The number of carbonyl (C=O) groups excluding carboxylic acids is 1. The number of amides is 1. The number of nitrogens with one attached hydrogen (secondary N) is 1. The SMILES string of the molecule is C[C@@H]1CN(C(=O)OC(C)(C)C)CCN1c1nc(I)[nH]c(=O)c1Cl. The van der Waals surface area contributed by atoms with Crippen LogP contribution in [-0.4, -0.2) is 52.2 Å². The summed E-state index contributed by atoms with van der Waals surface area (Å²) in [6, 6.07) is -0.0288. The molecule has 1 aliphatic heterocycles. The summed E-state index contributed by atoms with van der Waals surface area (Å²) in [6.45, 7) is 8.98. The van der Waals surface area contributed by atoms with E-state index < -0.39 is 5.60 Å². The first-order valence-corrected chi connectivity index (χ1v) is 8.74. The maximum atomic E-state index is 12.2. The van der Waals surface area contributed by atoms with Crippen LogP contribution in [0.15, 0.2) is 4.79 Å². The highest BCUT2D eigenvalue weighted by Crippen LogP contribution is 2.25. The molecule has 9 heteroatoms. The van der Waals surface area contributed by atoms with Crippen LogP contribution in [0.4, 0.5) is 10.6 Å². The van der Waals surface area contributed by atoms with Crippen LogP contribution in [-0.2, 0) is 4.74 Å². The number of rotatable bonds is 1. The molecular formula is C14H20ClIN4O3. The third-order valence-electron chi connectivity index (χ3n) is 3.37. The van der Waals surface area contributed by atoms with Crippen molar-refractivity contribution in [3.8, 4) is 0 Å². The van der Waals surface area contributed by atoms with E-state index in [4.69, 9.17) is 16.3 Å². The molecule has 0 saturated carbocycles. The number of ether oxygens (including phenoxy) is 1. The molecule has 128 valence electrons. The minimum atomic E-state index is -0.523. The van der Waals surface area contributed by atoms with Gasteiger partial charge in [0.2, 0.25) is 0 Å². The molecule has 2 heterocycles. The van der Waals surface area contributed by atoms with Gasteiger partial charge < -0.3 is 19.5 Å². The normalized spacial score (nSPS) is 19.0. The number of aromatic amines is 1. The smallest absolute Gasteiger partial charge is 0.410 e. The molecule has 0 spiro atoms. The van der Waals surface area contributed by atoms with Gasteiger partial charge in [0.25, 0.3) is 5.56 Å². The lowest BCUT2D eigenvalue weighted by Crippen LogP contribution is -2.55. The molecule has 0 radical (unpaired) electrons. The number of halogens is 2. The Labute approximate surface area is 153 Å². The van der Waals surface area contributed by atoms with Gasteiger partial charge in [-0.15, -0.1) is 0 Å². The first-order chi connectivity index (χ1) is 10.6. The molecule has 0 aliphatic carbocycles. The highest BCUT2D eigenvalue weighted by molar-refractivity contribution is 14.1. The third kappa shape index (κ3) is 4.50. The number of hydrogen-bond acceptors (Lipinski definition) is 5. The van der Waals surface area contributed by atoms with E-state index in [-0.39, 0.29) is 22.7 Å². The van der Waals surface area contributed by atoms with Crippen molar-refractivity contribution in [2.24, 2.45) is 0 Å². The van der Waals surface area contributed by atoms with Gasteiger partial charge in [-0.25, -0.2) is 9.78 Å². The van der Waals surface area contributed by atoms with Gasteiger partial charge in [-0.05, 0) is 50.3 Å². The topological polar surface area (TPSA) is 78.5 Å². The monoisotopic (exact) mass is 454 g/mol. The van der Waals surface area contributed by atoms with Gasteiger partial charge in [-0.1, -0.05) is 11.6 Å². The molecule has 2 rings (SSSR count). The Hall–Kier alpha value is -1.03. The highest BCUT2D eigenvalue weighted by Gasteiger charge is 2.31. The summed E-state index contributed by atoms with van der Waals surface area (Å²) in [5.74, 6) is 0.455. The summed E-state index contributed by atoms with van der Waals surface area (Å²) in [7, 11) is 0. The second kappa shape index (κ2) is 6.84. The molecule has 0 aromatic carbocycles. The quantitative estimate of drug-likeness (QED) is 0.521. The van der Waals surface area contributed by atoms with Gasteiger partial charge in [0.15, 0.2) is 9.65 Å². The van der Waals surface area contributed by atoms with Gasteiger partial charge in [0.05, 0.1) is 0 Å².